The zero-order valence-electron chi connectivity index (χ0n) is 17.3. The second-order valence-corrected chi connectivity index (χ2v) is 6.93. The molecule has 2 aromatic rings. The molecule has 2 N–H and O–H groups in total. The first-order chi connectivity index (χ1) is 14.5. The molecule has 154 valence electrons. The van der Waals surface area contributed by atoms with E-state index in [1.807, 2.05) is 55.5 Å². The fourth-order valence-corrected chi connectivity index (χ4v) is 3.36. The lowest BCUT2D eigenvalue weighted by Gasteiger charge is -2.28. The van der Waals surface area contributed by atoms with Gasteiger partial charge in [-0.2, -0.15) is 5.26 Å². The average molecular weight is 404 g/mol. The number of rotatable bonds is 6. The van der Waals surface area contributed by atoms with Gasteiger partial charge in [-0.1, -0.05) is 48.0 Å². The summed E-state index contributed by atoms with van der Waals surface area (Å²) in [4.78, 5) is 12.7. The molecule has 0 spiro atoms. The third-order valence-electron chi connectivity index (χ3n) is 4.85. The van der Waals surface area contributed by atoms with E-state index in [0.29, 0.717) is 23.7 Å². The number of allylic oxidation sites excluding steroid dienone is 2. The quantitative estimate of drug-likeness (QED) is 0.725. The molecule has 0 aromatic heterocycles. The molecule has 1 aliphatic heterocycles. The molecule has 0 saturated heterocycles. The molecule has 0 fully saturated rings. The second-order valence-electron chi connectivity index (χ2n) is 6.93. The summed E-state index contributed by atoms with van der Waals surface area (Å²) in [6, 6.07) is 17.4. The van der Waals surface area contributed by atoms with Crippen LogP contribution in [-0.2, 0) is 20.9 Å². The van der Waals surface area contributed by atoms with Crippen molar-refractivity contribution < 1.29 is 19.0 Å². The van der Waals surface area contributed by atoms with Crippen LogP contribution in [0.25, 0.3) is 0 Å². The van der Waals surface area contributed by atoms with E-state index in [1.54, 1.807) is 13.8 Å². The average Bonchev–Trinajstić information content (AvgIpc) is 2.73. The number of esters is 1. The highest BCUT2D eigenvalue weighted by Gasteiger charge is 2.37. The smallest absolute Gasteiger partial charge is 0.338 e. The van der Waals surface area contributed by atoms with Crippen LogP contribution in [0, 0.1) is 18.3 Å². The molecular weight excluding hydrogens is 380 g/mol. The summed E-state index contributed by atoms with van der Waals surface area (Å²) in [5.74, 6) is -0.449. The van der Waals surface area contributed by atoms with Crippen LogP contribution in [0.3, 0.4) is 0 Å². The number of benzene rings is 2. The monoisotopic (exact) mass is 404 g/mol. The summed E-state index contributed by atoms with van der Waals surface area (Å²) in [7, 11) is 0. The summed E-state index contributed by atoms with van der Waals surface area (Å²) in [5, 5.41) is 9.75. The van der Waals surface area contributed by atoms with Crippen molar-refractivity contribution >= 4 is 5.97 Å². The number of ether oxygens (including phenoxy) is 3. The highest BCUT2D eigenvalue weighted by atomic mass is 16.5. The van der Waals surface area contributed by atoms with Crippen LogP contribution in [0.5, 0.6) is 5.75 Å². The van der Waals surface area contributed by atoms with Gasteiger partial charge in [0, 0.05) is 5.56 Å². The Hall–Kier alpha value is -3.72. The van der Waals surface area contributed by atoms with Gasteiger partial charge >= 0.3 is 5.97 Å². The molecule has 0 radical (unpaired) electrons. The number of nitriles is 1. The Labute approximate surface area is 176 Å². The molecule has 0 amide bonds. The lowest BCUT2D eigenvalue weighted by molar-refractivity contribution is -0.139. The molecular formula is C24H24N2O4. The molecule has 1 heterocycles. The Morgan fingerprint density at radius 2 is 1.87 bits per heavy atom. The minimum atomic E-state index is -0.739. The largest absolute Gasteiger partial charge is 0.489 e. The molecule has 0 bridgehead atoms. The van der Waals surface area contributed by atoms with Gasteiger partial charge in [0.25, 0.3) is 0 Å². The molecule has 0 saturated carbocycles. The number of nitrogens with zero attached hydrogens (tertiary/aromatic N) is 1. The van der Waals surface area contributed by atoms with Gasteiger partial charge in [0.1, 0.15) is 29.8 Å². The zero-order chi connectivity index (χ0) is 21.7. The normalized spacial score (nSPS) is 16.0. The second kappa shape index (κ2) is 9.19. The number of hydrogen-bond donors (Lipinski definition) is 1. The lowest BCUT2D eigenvalue weighted by atomic mass is 9.82. The summed E-state index contributed by atoms with van der Waals surface area (Å²) < 4.78 is 16.8. The molecule has 0 unspecified atom stereocenters. The fraction of sp³-hybridized carbons (Fsp3) is 0.250. The van der Waals surface area contributed by atoms with Gasteiger partial charge < -0.3 is 19.9 Å². The molecule has 30 heavy (non-hydrogen) atoms. The van der Waals surface area contributed by atoms with Crippen molar-refractivity contribution in [3.05, 3.63) is 88.0 Å². The van der Waals surface area contributed by atoms with Gasteiger partial charge in [-0.3, -0.25) is 0 Å². The predicted octanol–water partition coefficient (Wildman–Crippen LogP) is 4.22. The Morgan fingerprint density at radius 1 is 1.17 bits per heavy atom. The van der Waals surface area contributed by atoms with Crippen LogP contribution in [0.2, 0.25) is 0 Å². The first-order valence-corrected chi connectivity index (χ1v) is 9.69. The zero-order valence-corrected chi connectivity index (χ0v) is 17.3. The minimum Gasteiger partial charge on any atom is -0.489 e. The van der Waals surface area contributed by atoms with E-state index >= 15 is 0 Å². The molecule has 3 rings (SSSR count). The summed E-state index contributed by atoms with van der Waals surface area (Å²) in [6.07, 6.45) is 0. The topological polar surface area (TPSA) is 94.6 Å². The van der Waals surface area contributed by atoms with Gasteiger partial charge in [-0.25, -0.2) is 4.79 Å². The van der Waals surface area contributed by atoms with Gasteiger partial charge in [-0.05, 0) is 32.4 Å². The molecule has 0 aliphatic carbocycles. The van der Waals surface area contributed by atoms with E-state index in [-0.39, 0.29) is 23.6 Å². The van der Waals surface area contributed by atoms with E-state index in [4.69, 9.17) is 19.9 Å². The Morgan fingerprint density at radius 3 is 2.53 bits per heavy atom. The first-order valence-electron chi connectivity index (χ1n) is 9.69. The van der Waals surface area contributed by atoms with Crippen molar-refractivity contribution in [1.29, 1.82) is 5.26 Å². The SMILES string of the molecule is CCOC(=O)C1=C(C)OC(N)=C(C#N)[C@H]1c1ccccc1OCc1ccc(C)cc1. The van der Waals surface area contributed by atoms with Crippen molar-refractivity contribution in [2.24, 2.45) is 5.73 Å². The molecule has 6 nitrogen and oxygen atoms in total. The van der Waals surface area contributed by atoms with Crippen LogP contribution in [-0.4, -0.2) is 12.6 Å². The number of aryl methyl sites for hydroxylation is 1. The van der Waals surface area contributed by atoms with Crippen molar-refractivity contribution in [1.82, 2.24) is 0 Å². The van der Waals surface area contributed by atoms with Gasteiger partial charge in [0.2, 0.25) is 5.88 Å². The van der Waals surface area contributed by atoms with Crippen LogP contribution >= 0.6 is 0 Å². The number of carbonyl (C=O) groups is 1. The number of carbonyl (C=O) groups excluding carboxylic acids is 1. The number of hydrogen-bond acceptors (Lipinski definition) is 6. The Bertz CT molecular complexity index is 1050. The molecule has 1 aliphatic rings. The van der Waals surface area contributed by atoms with Gasteiger partial charge in [0.15, 0.2) is 0 Å². The maximum atomic E-state index is 12.7. The Kier molecular flexibility index (Phi) is 6.43. The maximum absolute atomic E-state index is 12.7. The molecule has 6 heteroatoms. The first kappa shape index (κ1) is 21.0. The van der Waals surface area contributed by atoms with E-state index in [1.165, 1.54) is 5.56 Å². The lowest BCUT2D eigenvalue weighted by Crippen LogP contribution is -2.26. The third-order valence-corrected chi connectivity index (χ3v) is 4.85. The highest BCUT2D eigenvalue weighted by Crippen LogP contribution is 2.43. The van der Waals surface area contributed by atoms with E-state index in [9.17, 15) is 10.1 Å². The minimum absolute atomic E-state index is 0.0265. The molecule has 2 aromatic carbocycles. The fourth-order valence-electron chi connectivity index (χ4n) is 3.36. The van der Waals surface area contributed by atoms with Crippen LogP contribution in [0.1, 0.15) is 36.5 Å². The van der Waals surface area contributed by atoms with Crippen molar-refractivity contribution in [3.8, 4) is 11.8 Å². The summed E-state index contributed by atoms with van der Waals surface area (Å²) >= 11 is 0. The number of nitrogens with two attached hydrogens (primary N) is 1. The standard InChI is InChI=1S/C24H24N2O4/c1-4-28-24(27)21-16(3)30-23(26)19(13-25)22(21)18-7-5-6-8-20(18)29-14-17-11-9-15(2)10-12-17/h5-12,22H,4,14,26H2,1-3H3/t22-/m1/s1. The molecule has 1 atom stereocenters. The summed E-state index contributed by atoms with van der Waals surface area (Å²) in [5.41, 5.74) is 9.20. The van der Waals surface area contributed by atoms with Gasteiger partial charge in [0.05, 0.1) is 18.1 Å². The van der Waals surface area contributed by atoms with Crippen LogP contribution < -0.4 is 10.5 Å². The highest BCUT2D eigenvalue weighted by molar-refractivity contribution is 5.92. The Balaban J connectivity index is 2.02. The van der Waals surface area contributed by atoms with Crippen molar-refractivity contribution in [2.45, 2.75) is 33.3 Å². The van der Waals surface area contributed by atoms with Crippen LogP contribution in [0.15, 0.2) is 71.3 Å². The maximum Gasteiger partial charge on any atom is 0.338 e. The van der Waals surface area contributed by atoms with E-state index in [0.717, 1.165) is 5.56 Å². The van der Waals surface area contributed by atoms with E-state index < -0.39 is 11.9 Å². The van der Waals surface area contributed by atoms with E-state index in [2.05, 4.69) is 6.07 Å². The third kappa shape index (κ3) is 4.31. The predicted molar refractivity (Wildman–Crippen MR) is 112 cm³/mol. The number of para-hydroxylation sites is 1. The van der Waals surface area contributed by atoms with Crippen LogP contribution in [0.4, 0.5) is 0 Å². The van der Waals surface area contributed by atoms with Crippen molar-refractivity contribution in [3.63, 3.8) is 0 Å². The van der Waals surface area contributed by atoms with Crippen molar-refractivity contribution in [2.75, 3.05) is 6.61 Å². The summed E-state index contributed by atoms with van der Waals surface area (Å²) in [6.45, 7) is 5.93. The van der Waals surface area contributed by atoms with Gasteiger partial charge in [-0.15, -0.1) is 0 Å².